The van der Waals surface area contributed by atoms with Crippen molar-refractivity contribution in [3.63, 3.8) is 0 Å². The van der Waals surface area contributed by atoms with Gasteiger partial charge in [0.25, 0.3) is 5.91 Å². The number of carbonyl (C=O) groups excluding carboxylic acids is 1. The summed E-state index contributed by atoms with van der Waals surface area (Å²) in [6.07, 6.45) is 2.01. The van der Waals surface area contributed by atoms with Gasteiger partial charge in [-0.3, -0.25) is 4.79 Å². The lowest BCUT2D eigenvalue weighted by atomic mass is 10.0. The minimum absolute atomic E-state index is 0.103. The molecular weight excluding hydrogens is 386 g/mol. The minimum Gasteiger partial charge on any atom is -0.337 e. The Hall–Kier alpha value is -2.22. The molecule has 1 heterocycles. The van der Waals surface area contributed by atoms with Crippen molar-refractivity contribution in [2.45, 2.75) is 37.2 Å². The van der Waals surface area contributed by atoms with Crippen LogP contribution < -0.4 is 4.72 Å². The van der Waals surface area contributed by atoms with Gasteiger partial charge in [-0.05, 0) is 57.1 Å². The van der Waals surface area contributed by atoms with Crippen LogP contribution in [0.1, 0.15) is 34.3 Å². The average Bonchev–Trinajstić information content (AvgIpc) is 2.73. The highest BCUT2D eigenvalue weighted by molar-refractivity contribution is 7.89. The number of benzene rings is 2. The van der Waals surface area contributed by atoms with Gasteiger partial charge >= 0.3 is 0 Å². The van der Waals surface area contributed by atoms with E-state index in [0.717, 1.165) is 24.0 Å². The van der Waals surface area contributed by atoms with Crippen molar-refractivity contribution in [3.05, 3.63) is 65.2 Å². The van der Waals surface area contributed by atoms with E-state index in [1.165, 1.54) is 6.07 Å². The van der Waals surface area contributed by atoms with E-state index in [9.17, 15) is 13.2 Å². The van der Waals surface area contributed by atoms with Crippen LogP contribution in [0.2, 0.25) is 0 Å². The van der Waals surface area contributed by atoms with Crippen molar-refractivity contribution in [3.8, 4) is 0 Å². The van der Waals surface area contributed by atoms with Crippen LogP contribution in [0.25, 0.3) is 0 Å². The first kappa shape index (κ1) is 21.5. The summed E-state index contributed by atoms with van der Waals surface area (Å²) in [5.74, 6) is -0.103. The molecule has 1 fully saturated rings. The Kier molecular flexibility index (Phi) is 6.72. The second-order valence-electron chi connectivity index (χ2n) is 7.80. The van der Waals surface area contributed by atoms with Gasteiger partial charge in [-0.25, -0.2) is 13.1 Å². The molecule has 1 atom stereocenters. The van der Waals surface area contributed by atoms with E-state index in [0.29, 0.717) is 24.7 Å². The number of likely N-dealkylation sites (tertiary alicyclic amines) is 1. The molecule has 3 rings (SSSR count). The number of carbonyl (C=O) groups is 1. The fraction of sp³-hybridized carbons (Fsp3) is 0.409. The van der Waals surface area contributed by atoms with Crippen LogP contribution in [0.15, 0.2) is 53.4 Å². The van der Waals surface area contributed by atoms with Gasteiger partial charge in [0.15, 0.2) is 0 Å². The molecule has 156 valence electrons. The first-order valence-electron chi connectivity index (χ1n) is 9.88. The summed E-state index contributed by atoms with van der Waals surface area (Å²) in [5.41, 5.74) is 2.11. The average molecular weight is 416 g/mol. The Morgan fingerprint density at radius 2 is 1.90 bits per heavy atom. The van der Waals surface area contributed by atoms with E-state index in [4.69, 9.17) is 0 Å². The van der Waals surface area contributed by atoms with E-state index in [-0.39, 0.29) is 17.3 Å². The Labute approximate surface area is 173 Å². The van der Waals surface area contributed by atoms with E-state index in [1.54, 1.807) is 12.1 Å². The molecule has 0 aliphatic carbocycles. The summed E-state index contributed by atoms with van der Waals surface area (Å²) in [6, 6.07) is 14.4. The molecular formula is C22H29N3O3S. The highest BCUT2D eigenvalue weighted by Gasteiger charge is 2.27. The lowest BCUT2D eigenvalue weighted by molar-refractivity contribution is 0.0634. The SMILES string of the molecule is Cc1ccc(S(=O)(=O)NCc2ccccc2)cc1C(=O)N1CCCC(N(C)C)C1. The minimum atomic E-state index is -3.72. The van der Waals surface area contributed by atoms with Gasteiger partial charge in [-0.15, -0.1) is 0 Å². The molecule has 1 aliphatic heterocycles. The van der Waals surface area contributed by atoms with Gasteiger partial charge in [-0.1, -0.05) is 36.4 Å². The zero-order chi connectivity index (χ0) is 21.0. The summed E-state index contributed by atoms with van der Waals surface area (Å²) < 4.78 is 28.2. The number of sulfonamides is 1. The second kappa shape index (κ2) is 9.07. The number of hydrogen-bond acceptors (Lipinski definition) is 4. The summed E-state index contributed by atoms with van der Waals surface area (Å²) in [4.78, 5) is 17.2. The fourth-order valence-electron chi connectivity index (χ4n) is 3.59. The molecule has 0 saturated carbocycles. The third kappa shape index (κ3) is 5.23. The van der Waals surface area contributed by atoms with Gasteiger partial charge in [0, 0.05) is 31.2 Å². The van der Waals surface area contributed by atoms with E-state index < -0.39 is 10.0 Å². The Balaban J connectivity index is 1.79. The van der Waals surface area contributed by atoms with Crippen molar-refractivity contribution in [2.24, 2.45) is 0 Å². The molecule has 0 radical (unpaired) electrons. The standard InChI is InChI=1S/C22H29N3O3S/c1-17-11-12-20(29(27,28)23-15-18-8-5-4-6-9-18)14-21(17)22(26)25-13-7-10-19(16-25)24(2)3/h4-6,8-9,11-12,14,19,23H,7,10,13,15-16H2,1-3H3. The van der Waals surface area contributed by atoms with Crippen LogP contribution in [-0.2, 0) is 16.6 Å². The van der Waals surface area contributed by atoms with Crippen molar-refractivity contribution < 1.29 is 13.2 Å². The molecule has 0 spiro atoms. The fourth-order valence-corrected chi connectivity index (χ4v) is 4.63. The molecule has 29 heavy (non-hydrogen) atoms. The number of piperidine rings is 1. The molecule has 6 nitrogen and oxygen atoms in total. The van der Waals surface area contributed by atoms with Crippen molar-refractivity contribution in [2.75, 3.05) is 27.2 Å². The Morgan fingerprint density at radius 3 is 2.59 bits per heavy atom. The van der Waals surface area contributed by atoms with Gasteiger partial charge < -0.3 is 9.80 Å². The molecule has 0 bridgehead atoms. The summed E-state index contributed by atoms with van der Waals surface area (Å²) >= 11 is 0. The molecule has 7 heteroatoms. The maximum absolute atomic E-state index is 13.1. The number of hydrogen-bond donors (Lipinski definition) is 1. The number of aryl methyl sites for hydroxylation is 1. The highest BCUT2D eigenvalue weighted by Crippen LogP contribution is 2.21. The van der Waals surface area contributed by atoms with Crippen molar-refractivity contribution >= 4 is 15.9 Å². The quantitative estimate of drug-likeness (QED) is 0.788. The smallest absolute Gasteiger partial charge is 0.254 e. The van der Waals surface area contributed by atoms with Gasteiger partial charge in [0.1, 0.15) is 0 Å². The first-order valence-corrected chi connectivity index (χ1v) is 11.4. The first-order chi connectivity index (χ1) is 13.8. The molecule has 0 aromatic heterocycles. The summed E-state index contributed by atoms with van der Waals surface area (Å²) in [6.45, 7) is 3.41. The van der Waals surface area contributed by atoms with Crippen LogP contribution in [0.5, 0.6) is 0 Å². The van der Waals surface area contributed by atoms with Crippen LogP contribution in [0.4, 0.5) is 0 Å². The number of nitrogens with zero attached hydrogens (tertiary/aromatic N) is 2. The zero-order valence-electron chi connectivity index (χ0n) is 17.3. The van der Waals surface area contributed by atoms with Crippen LogP contribution >= 0.6 is 0 Å². The topological polar surface area (TPSA) is 69.7 Å². The van der Waals surface area contributed by atoms with E-state index in [1.807, 2.05) is 56.3 Å². The predicted octanol–water partition coefficient (Wildman–Crippen LogP) is 2.64. The number of amides is 1. The summed E-state index contributed by atoms with van der Waals surface area (Å²) in [5, 5.41) is 0. The lowest BCUT2D eigenvalue weighted by Crippen LogP contribution is -2.47. The normalized spacial score (nSPS) is 17.5. The van der Waals surface area contributed by atoms with Crippen LogP contribution in [-0.4, -0.2) is 57.4 Å². The molecule has 1 amide bonds. The summed E-state index contributed by atoms with van der Waals surface area (Å²) in [7, 11) is 0.331. The molecule has 1 saturated heterocycles. The van der Waals surface area contributed by atoms with Crippen LogP contribution in [0, 0.1) is 6.92 Å². The molecule has 2 aromatic rings. The van der Waals surface area contributed by atoms with Gasteiger partial charge in [0.2, 0.25) is 10.0 Å². The van der Waals surface area contributed by atoms with Crippen molar-refractivity contribution in [1.29, 1.82) is 0 Å². The third-order valence-electron chi connectivity index (χ3n) is 5.47. The number of rotatable bonds is 6. The maximum Gasteiger partial charge on any atom is 0.254 e. The zero-order valence-corrected chi connectivity index (χ0v) is 18.1. The number of nitrogens with one attached hydrogen (secondary N) is 1. The molecule has 1 N–H and O–H groups in total. The predicted molar refractivity (Wildman–Crippen MR) is 114 cm³/mol. The number of likely N-dealkylation sites (N-methyl/N-ethyl adjacent to an activating group) is 1. The molecule has 1 aliphatic rings. The second-order valence-corrected chi connectivity index (χ2v) is 9.56. The van der Waals surface area contributed by atoms with Crippen molar-refractivity contribution in [1.82, 2.24) is 14.5 Å². The largest absolute Gasteiger partial charge is 0.337 e. The lowest BCUT2D eigenvalue weighted by Gasteiger charge is -2.36. The third-order valence-corrected chi connectivity index (χ3v) is 6.87. The monoisotopic (exact) mass is 415 g/mol. The van der Waals surface area contributed by atoms with E-state index >= 15 is 0 Å². The molecule has 2 aromatic carbocycles. The van der Waals surface area contributed by atoms with E-state index in [2.05, 4.69) is 9.62 Å². The Morgan fingerprint density at radius 1 is 1.17 bits per heavy atom. The highest BCUT2D eigenvalue weighted by atomic mass is 32.2. The Bertz CT molecular complexity index is 959. The molecule has 1 unspecified atom stereocenters. The maximum atomic E-state index is 13.1. The van der Waals surface area contributed by atoms with Crippen LogP contribution in [0.3, 0.4) is 0 Å². The van der Waals surface area contributed by atoms with Gasteiger partial charge in [0.05, 0.1) is 4.90 Å². The van der Waals surface area contributed by atoms with Gasteiger partial charge in [-0.2, -0.15) is 0 Å².